The van der Waals surface area contributed by atoms with E-state index in [-0.39, 0.29) is 11.9 Å². The molecule has 1 aromatic carbocycles. The van der Waals surface area contributed by atoms with Gasteiger partial charge in [0.2, 0.25) is 5.91 Å². The lowest BCUT2D eigenvalue weighted by molar-refractivity contribution is -0.117. The van der Waals surface area contributed by atoms with Gasteiger partial charge < -0.3 is 10.2 Å². The van der Waals surface area contributed by atoms with Gasteiger partial charge in [0.05, 0.1) is 21.4 Å². The SMILES string of the molecule is CC1C(=O)Nc2cc(Cl)c(Cl)cc2N1C. The average Bonchev–Trinajstić information content (AvgIpc) is 2.19. The monoisotopic (exact) mass is 244 g/mol. The number of rotatable bonds is 0. The summed E-state index contributed by atoms with van der Waals surface area (Å²) < 4.78 is 0. The van der Waals surface area contributed by atoms with Gasteiger partial charge in [-0.15, -0.1) is 0 Å². The van der Waals surface area contributed by atoms with Crippen molar-refractivity contribution < 1.29 is 4.79 Å². The summed E-state index contributed by atoms with van der Waals surface area (Å²) >= 11 is 11.8. The number of nitrogens with one attached hydrogen (secondary N) is 1. The van der Waals surface area contributed by atoms with E-state index in [9.17, 15) is 4.79 Å². The summed E-state index contributed by atoms with van der Waals surface area (Å²) in [6, 6.07) is 3.23. The van der Waals surface area contributed by atoms with Crippen LogP contribution in [-0.4, -0.2) is 19.0 Å². The molecule has 0 bridgehead atoms. The van der Waals surface area contributed by atoms with Crippen molar-refractivity contribution in [1.29, 1.82) is 0 Å². The number of hydrogen-bond donors (Lipinski definition) is 1. The molecule has 3 nitrogen and oxygen atoms in total. The molecule has 1 aromatic rings. The Morgan fingerprint density at radius 3 is 2.60 bits per heavy atom. The molecule has 1 unspecified atom stereocenters. The Morgan fingerprint density at radius 2 is 1.93 bits per heavy atom. The van der Waals surface area contributed by atoms with E-state index < -0.39 is 0 Å². The number of carbonyl (C=O) groups is 1. The third-order valence-corrected chi connectivity index (χ3v) is 3.36. The standard InChI is InChI=1S/C10H10Cl2N2O/c1-5-10(15)13-8-3-6(11)7(12)4-9(8)14(5)2/h3-5H,1-2H3,(H,13,15). The van der Waals surface area contributed by atoms with Crippen molar-refractivity contribution in [2.24, 2.45) is 0 Å². The van der Waals surface area contributed by atoms with Gasteiger partial charge in [-0.25, -0.2) is 0 Å². The second-order valence-corrected chi connectivity index (χ2v) is 4.37. The normalized spacial score (nSPS) is 19.9. The van der Waals surface area contributed by atoms with Gasteiger partial charge in [-0.1, -0.05) is 23.2 Å². The van der Waals surface area contributed by atoms with Crippen molar-refractivity contribution in [3.05, 3.63) is 22.2 Å². The van der Waals surface area contributed by atoms with E-state index in [4.69, 9.17) is 23.2 Å². The molecule has 0 saturated carbocycles. The lowest BCUT2D eigenvalue weighted by Gasteiger charge is -2.33. The molecule has 1 aliphatic rings. The lowest BCUT2D eigenvalue weighted by atomic mass is 10.1. The van der Waals surface area contributed by atoms with Gasteiger partial charge in [0.1, 0.15) is 6.04 Å². The molecular formula is C10H10Cl2N2O. The van der Waals surface area contributed by atoms with Gasteiger partial charge in [0.25, 0.3) is 0 Å². The predicted molar refractivity (Wildman–Crippen MR) is 63.0 cm³/mol. The molecule has 80 valence electrons. The smallest absolute Gasteiger partial charge is 0.246 e. The van der Waals surface area contributed by atoms with Gasteiger partial charge in [0.15, 0.2) is 0 Å². The summed E-state index contributed by atoms with van der Waals surface area (Å²) in [7, 11) is 1.85. The Morgan fingerprint density at radius 1 is 1.33 bits per heavy atom. The third kappa shape index (κ3) is 1.66. The van der Waals surface area contributed by atoms with Crippen LogP contribution >= 0.6 is 23.2 Å². The van der Waals surface area contributed by atoms with Crippen LogP contribution in [0.2, 0.25) is 10.0 Å². The van der Waals surface area contributed by atoms with E-state index in [1.807, 2.05) is 18.9 Å². The first-order valence-electron chi connectivity index (χ1n) is 4.53. The molecule has 0 radical (unpaired) electrons. The molecule has 0 fully saturated rings. The molecule has 5 heteroatoms. The van der Waals surface area contributed by atoms with Gasteiger partial charge in [0, 0.05) is 7.05 Å². The molecule has 1 amide bonds. The van der Waals surface area contributed by atoms with Crippen LogP contribution in [-0.2, 0) is 4.79 Å². The summed E-state index contributed by atoms with van der Waals surface area (Å²) in [5, 5.41) is 3.72. The first kappa shape index (κ1) is 10.6. The second-order valence-electron chi connectivity index (χ2n) is 3.56. The number of fused-ring (bicyclic) bond motifs is 1. The molecule has 0 spiro atoms. The number of nitrogens with zero attached hydrogens (tertiary/aromatic N) is 1. The minimum atomic E-state index is -0.199. The average molecular weight is 245 g/mol. The van der Waals surface area contributed by atoms with Crippen LogP contribution < -0.4 is 10.2 Å². The molecule has 1 aliphatic heterocycles. The third-order valence-electron chi connectivity index (χ3n) is 2.64. The van der Waals surface area contributed by atoms with Crippen LogP contribution in [0, 0.1) is 0 Å². The number of likely N-dealkylation sites (N-methyl/N-ethyl adjacent to an activating group) is 1. The zero-order chi connectivity index (χ0) is 11.2. The van der Waals surface area contributed by atoms with E-state index in [2.05, 4.69) is 5.32 Å². The van der Waals surface area contributed by atoms with E-state index in [0.717, 1.165) is 5.69 Å². The zero-order valence-electron chi connectivity index (χ0n) is 8.34. The van der Waals surface area contributed by atoms with E-state index >= 15 is 0 Å². The Labute approximate surface area is 98.0 Å². The summed E-state index contributed by atoms with van der Waals surface area (Å²) in [5.41, 5.74) is 1.59. The Hall–Kier alpha value is -0.930. The number of carbonyl (C=O) groups excluding carboxylic acids is 1. The van der Waals surface area contributed by atoms with Crippen molar-refractivity contribution in [1.82, 2.24) is 0 Å². The van der Waals surface area contributed by atoms with Gasteiger partial charge >= 0.3 is 0 Å². The summed E-state index contributed by atoms with van der Waals surface area (Å²) in [6.45, 7) is 1.83. The van der Waals surface area contributed by atoms with E-state index in [1.54, 1.807) is 12.1 Å². The van der Waals surface area contributed by atoms with Crippen LogP contribution in [0.25, 0.3) is 0 Å². The lowest BCUT2D eigenvalue weighted by Crippen LogP contribution is -2.43. The van der Waals surface area contributed by atoms with Crippen LogP contribution in [0.15, 0.2) is 12.1 Å². The highest BCUT2D eigenvalue weighted by Gasteiger charge is 2.27. The molecule has 1 atom stereocenters. The largest absolute Gasteiger partial charge is 0.361 e. The van der Waals surface area contributed by atoms with Crippen LogP contribution in [0.3, 0.4) is 0 Å². The van der Waals surface area contributed by atoms with E-state index in [1.165, 1.54) is 0 Å². The summed E-state index contributed by atoms with van der Waals surface area (Å²) in [4.78, 5) is 13.4. The summed E-state index contributed by atoms with van der Waals surface area (Å²) in [6.07, 6.45) is 0. The number of anilines is 2. The highest BCUT2D eigenvalue weighted by atomic mass is 35.5. The highest BCUT2D eigenvalue weighted by molar-refractivity contribution is 6.42. The maximum atomic E-state index is 11.5. The highest BCUT2D eigenvalue weighted by Crippen LogP contribution is 2.37. The van der Waals surface area contributed by atoms with Crippen molar-refractivity contribution in [2.45, 2.75) is 13.0 Å². The van der Waals surface area contributed by atoms with Gasteiger partial charge in [-0.05, 0) is 19.1 Å². The first-order valence-corrected chi connectivity index (χ1v) is 5.29. The van der Waals surface area contributed by atoms with E-state index in [0.29, 0.717) is 15.7 Å². The van der Waals surface area contributed by atoms with Gasteiger partial charge in [-0.2, -0.15) is 0 Å². The van der Waals surface area contributed by atoms with Crippen molar-refractivity contribution in [3.63, 3.8) is 0 Å². The number of amides is 1. The predicted octanol–water partition coefficient (Wildman–Crippen LogP) is 2.77. The molecular weight excluding hydrogens is 235 g/mol. The fourth-order valence-corrected chi connectivity index (χ4v) is 1.87. The van der Waals surface area contributed by atoms with Crippen molar-refractivity contribution in [3.8, 4) is 0 Å². The maximum Gasteiger partial charge on any atom is 0.246 e. The van der Waals surface area contributed by atoms with Crippen LogP contribution in [0.1, 0.15) is 6.92 Å². The molecule has 0 aliphatic carbocycles. The minimum Gasteiger partial charge on any atom is -0.361 e. The summed E-state index contributed by atoms with van der Waals surface area (Å²) in [5.74, 6) is -0.0385. The fraction of sp³-hybridized carbons (Fsp3) is 0.300. The first-order chi connectivity index (χ1) is 7.00. The maximum absolute atomic E-state index is 11.5. The molecule has 0 aromatic heterocycles. The van der Waals surface area contributed by atoms with Crippen molar-refractivity contribution >= 4 is 40.5 Å². The number of benzene rings is 1. The zero-order valence-corrected chi connectivity index (χ0v) is 9.86. The Balaban J connectivity index is 2.56. The fourth-order valence-electron chi connectivity index (χ4n) is 1.55. The van der Waals surface area contributed by atoms with Crippen molar-refractivity contribution in [2.75, 3.05) is 17.3 Å². The Bertz CT molecular complexity index is 434. The number of hydrogen-bond acceptors (Lipinski definition) is 2. The quantitative estimate of drug-likeness (QED) is 0.762. The molecule has 1 N–H and O–H groups in total. The molecule has 15 heavy (non-hydrogen) atoms. The topological polar surface area (TPSA) is 32.3 Å². The van der Waals surface area contributed by atoms with Gasteiger partial charge in [-0.3, -0.25) is 4.79 Å². The Kier molecular flexibility index (Phi) is 2.52. The van der Waals surface area contributed by atoms with Crippen LogP contribution in [0.5, 0.6) is 0 Å². The molecule has 0 saturated heterocycles. The minimum absolute atomic E-state index is 0.0385. The number of halogens is 2. The molecule has 2 rings (SSSR count). The second kappa shape index (κ2) is 3.58. The van der Waals surface area contributed by atoms with Crippen LogP contribution in [0.4, 0.5) is 11.4 Å². The molecule has 1 heterocycles.